The van der Waals surface area contributed by atoms with Crippen LogP contribution in [0.1, 0.15) is 44.1 Å². The number of nitrogens with one attached hydrogen (secondary N) is 1. The molecule has 1 aliphatic heterocycles. The van der Waals surface area contributed by atoms with Gasteiger partial charge in [-0.25, -0.2) is 4.52 Å². The lowest BCUT2D eigenvalue weighted by Crippen LogP contribution is -2.40. The highest BCUT2D eigenvalue weighted by Crippen LogP contribution is 2.17. The molecule has 4 rings (SSSR count). The Morgan fingerprint density at radius 3 is 2.73 bits per heavy atom. The maximum absolute atomic E-state index is 13.1. The molecule has 2 aromatic heterocycles. The van der Waals surface area contributed by atoms with Crippen molar-refractivity contribution < 1.29 is 4.79 Å². The van der Waals surface area contributed by atoms with Crippen LogP contribution in [0.15, 0.2) is 35.1 Å². The molecule has 160 valence electrons. The minimum atomic E-state index is -0.234. The van der Waals surface area contributed by atoms with Gasteiger partial charge in [-0.3, -0.25) is 9.59 Å². The minimum Gasteiger partial charge on any atom is -0.349 e. The molecule has 1 fully saturated rings. The summed E-state index contributed by atoms with van der Waals surface area (Å²) in [6.07, 6.45) is 2.50. The smallest absolute Gasteiger partial charge is 0.277 e. The van der Waals surface area contributed by atoms with E-state index in [-0.39, 0.29) is 17.2 Å². The summed E-state index contributed by atoms with van der Waals surface area (Å²) in [5, 5.41) is 7.45. The van der Waals surface area contributed by atoms with Gasteiger partial charge in [0.1, 0.15) is 5.52 Å². The van der Waals surface area contributed by atoms with Crippen molar-refractivity contribution in [2.45, 2.75) is 40.2 Å². The Morgan fingerprint density at radius 2 is 2.00 bits per heavy atom. The van der Waals surface area contributed by atoms with Crippen LogP contribution in [0, 0.1) is 11.8 Å². The van der Waals surface area contributed by atoms with E-state index in [0.29, 0.717) is 30.4 Å². The van der Waals surface area contributed by atoms with Gasteiger partial charge in [-0.05, 0) is 43.4 Å². The van der Waals surface area contributed by atoms with Crippen LogP contribution in [0.25, 0.3) is 16.6 Å². The zero-order valence-corrected chi connectivity index (χ0v) is 18.1. The van der Waals surface area contributed by atoms with Crippen molar-refractivity contribution in [2.75, 3.05) is 26.2 Å². The van der Waals surface area contributed by atoms with Gasteiger partial charge in [0.25, 0.3) is 11.5 Å². The molecule has 0 saturated carbocycles. The fraction of sp³-hybridized carbons (Fsp3) is 0.522. The summed E-state index contributed by atoms with van der Waals surface area (Å²) in [5.41, 5.74) is 2.26. The van der Waals surface area contributed by atoms with Crippen LogP contribution >= 0.6 is 0 Å². The molecule has 1 aromatic carbocycles. The predicted molar refractivity (Wildman–Crippen MR) is 119 cm³/mol. The molecule has 30 heavy (non-hydrogen) atoms. The molecule has 0 spiro atoms. The highest BCUT2D eigenvalue weighted by molar-refractivity contribution is 5.94. The number of benzene rings is 1. The molecule has 3 heterocycles. The van der Waals surface area contributed by atoms with Gasteiger partial charge in [-0.2, -0.15) is 5.10 Å². The number of aromatic nitrogens is 3. The van der Waals surface area contributed by atoms with Crippen molar-refractivity contribution >= 4 is 22.5 Å². The molecule has 0 aliphatic carbocycles. The number of amides is 1. The monoisotopic (exact) mass is 409 g/mol. The molecule has 0 bridgehead atoms. The lowest BCUT2D eigenvalue weighted by atomic mass is 10.0. The molecule has 1 atom stereocenters. The lowest BCUT2D eigenvalue weighted by molar-refractivity contribution is 0.0938. The van der Waals surface area contributed by atoms with E-state index >= 15 is 0 Å². The van der Waals surface area contributed by atoms with Crippen LogP contribution in [0.3, 0.4) is 0 Å². The minimum absolute atomic E-state index is 0.115. The Labute approximate surface area is 176 Å². The number of para-hydroxylation sites is 2. The summed E-state index contributed by atoms with van der Waals surface area (Å²) in [7, 11) is 0. The molecule has 3 aromatic rings. The maximum atomic E-state index is 13.1. The van der Waals surface area contributed by atoms with Crippen LogP contribution in [0.4, 0.5) is 0 Å². The molecule has 0 radical (unpaired) electrons. The van der Waals surface area contributed by atoms with E-state index < -0.39 is 0 Å². The van der Waals surface area contributed by atoms with Crippen molar-refractivity contribution in [3.8, 4) is 0 Å². The van der Waals surface area contributed by atoms with Crippen molar-refractivity contribution in [1.29, 1.82) is 0 Å². The van der Waals surface area contributed by atoms with Gasteiger partial charge in [0.05, 0.1) is 11.0 Å². The second-order valence-electron chi connectivity index (χ2n) is 8.93. The Bertz CT molecular complexity index is 1110. The van der Waals surface area contributed by atoms with Crippen molar-refractivity contribution in [3.05, 3.63) is 46.4 Å². The van der Waals surface area contributed by atoms with Gasteiger partial charge in [-0.1, -0.05) is 32.9 Å². The molecule has 1 amide bonds. The van der Waals surface area contributed by atoms with Crippen LogP contribution in [0.5, 0.6) is 0 Å². The molecule has 7 heteroatoms. The Balaban J connectivity index is 1.58. The summed E-state index contributed by atoms with van der Waals surface area (Å²) < 4.78 is 3.39. The van der Waals surface area contributed by atoms with Crippen molar-refractivity contribution in [1.82, 2.24) is 24.4 Å². The first-order valence-electron chi connectivity index (χ1n) is 11.0. The third-order valence-electron chi connectivity index (χ3n) is 5.81. The third kappa shape index (κ3) is 4.12. The number of nitrogens with zero attached hydrogens (tertiary/aromatic N) is 4. The predicted octanol–water partition coefficient (Wildman–Crippen LogP) is 2.77. The topological polar surface area (TPSA) is 71.6 Å². The van der Waals surface area contributed by atoms with E-state index in [9.17, 15) is 9.59 Å². The first kappa shape index (κ1) is 20.6. The Hall–Kier alpha value is -2.67. The number of piperidine rings is 1. The second-order valence-corrected chi connectivity index (χ2v) is 8.93. The first-order valence-corrected chi connectivity index (χ1v) is 11.0. The highest BCUT2D eigenvalue weighted by atomic mass is 16.2. The number of rotatable bonds is 6. The van der Waals surface area contributed by atoms with Crippen LogP contribution in [-0.4, -0.2) is 51.2 Å². The average molecular weight is 410 g/mol. The third-order valence-corrected chi connectivity index (χ3v) is 5.81. The van der Waals surface area contributed by atoms with E-state index in [1.165, 1.54) is 12.8 Å². The molecule has 1 aliphatic rings. The number of carbonyl (C=O) groups is 1. The summed E-state index contributed by atoms with van der Waals surface area (Å²) >= 11 is 0. The van der Waals surface area contributed by atoms with Gasteiger partial charge >= 0.3 is 0 Å². The summed E-state index contributed by atoms with van der Waals surface area (Å²) in [6.45, 7) is 10.7. The van der Waals surface area contributed by atoms with E-state index in [2.05, 4.69) is 36.1 Å². The zero-order chi connectivity index (χ0) is 21.3. The fourth-order valence-corrected chi connectivity index (χ4v) is 4.40. The average Bonchev–Trinajstić information content (AvgIpc) is 3.17. The van der Waals surface area contributed by atoms with Crippen LogP contribution < -0.4 is 10.9 Å². The van der Waals surface area contributed by atoms with Gasteiger partial charge in [0, 0.05) is 32.2 Å². The van der Waals surface area contributed by atoms with Crippen molar-refractivity contribution in [3.63, 3.8) is 0 Å². The van der Waals surface area contributed by atoms with Gasteiger partial charge in [0.2, 0.25) is 0 Å². The number of hydrogen-bond acceptors (Lipinski definition) is 4. The molecular weight excluding hydrogens is 378 g/mol. The lowest BCUT2D eigenvalue weighted by Gasteiger charge is -2.30. The first-order chi connectivity index (χ1) is 14.4. The molecule has 7 nitrogen and oxygen atoms in total. The zero-order valence-electron chi connectivity index (χ0n) is 18.1. The molecule has 1 unspecified atom stereocenters. The van der Waals surface area contributed by atoms with E-state index in [4.69, 9.17) is 0 Å². The Morgan fingerprint density at radius 1 is 1.23 bits per heavy atom. The van der Waals surface area contributed by atoms with Gasteiger partial charge < -0.3 is 14.8 Å². The highest BCUT2D eigenvalue weighted by Gasteiger charge is 2.19. The van der Waals surface area contributed by atoms with Crippen molar-refractivity contribution in [2.24, 2.45) is 11.8 Å². The van der Waals surface area contributed by atoms with Gasteiger partial charge in [0.15, 0.2) is 5.69 Å². The molecule has 1 saturated heterocycles. The Kier molecular flexibility index (Phi) is 5.90. The largest absolute Gasteiger partial charge is 0.349 e. The number of hydrogen-bond donors (Lipinski definition) is 1. The standard InChI is InChI=1S/C23H31N5O2/c1-16(2)14-27-19-8-4-5-9-20(19)28-21(23(27)30)13-18(25-28)22(29)24-10-12-26-11-6-7-17(3)15-26/h4-5,8-9,13,16-17H,6-7,10-12,14-15H2,1-3H3,(H,24,29). The second kappa shape index (κ2) is 8.60. The summed E-state index contributed by atoms with van der Waals surface area (Å²) in [5.74, 6) is 0.814. The molecule has 1 N–H and O–H groups in total. The quantitative estimate of drug-likeness (QED) is 0.680. The number of fused-ring (bicyclic) bond motifs is 3. The summed E-state index contributed by atoms with van der Waals surface area (Å²) in [6, 6.07) is 9.32. The van der Waals surface area contributed by atoms with E-state index in [1.54, 1.807) is 15.1 Å². The normalized spacial score (nSPS) is 17.8. The van der Waals surface area contributed by atoms with Gasteiger partial charge in [-0.15, -0.1) is 0 Å². The number of likely N-dealkylation sites (tertiary alicyclic amines) is 1. The maximum Gasteiger partial charge on any atom is 0.277 e. The fourth-order valence-electron chi connectivity index (χ4n) is 4.40. The molecular formula is C23H31N5O2. The van der Waals surface area contributed by atoms with Crippen LogP contribution in [-0.2, 0) is 6.54 Å². The number of carbonyl (C=O) groups excluding carboxylic acids is 1. The van der Waals surface area contributed by atoms with E-state index in [0.717, 1.165) is 30.7 Å². The van der Waals surface area contributed by atoms with Crippen LogP contribution in [0.2, 0.25) is 0 Å². The summed E-state index contributed by atoms with van der Waals surface area (Å²) in [4.78, 5) is 28.2. The van der Waals surface area contributed by atoms with E-state index in [1.807, 2.05) is 24.3 Å². The SMILES string of the molecule is CC(C)Cn1c(=O)c2cc(C(=O)NCCN3CCCC(C)C3)nn2c2ccccc21.